The van der Waals surface area contributed by atoms with Crippen molar-refractivity contribution in [1.29, 1.82) is 0 Å². The van der Waals surface area contributed by atoms with Crippen molar-refractivity contribution in [3.05, 3.63) is 36.0 Å². The molecule has 0 aliphatic rings. The maximum Gasteiger partial charge on any atom is 0.0726 e. The van der Waals surface area contributed by atoms with Crippen LogP contribution in [-0.4, -0.2) is 17.6 Å². The highest BCUT2D eigenvalue weighted by Crippen LogP contribution is 2.23. The first-order chi connectivity index (χ1) is 9.20. The standard InChI is InChI=1S/C16H23N3/c1-4-9-17-16-10-13(11-18-12(2)3)19-15-8-6-5-7-14(15)16/h5-8,10,12,18H,4,9,11H2,1-3H3,(H,17,19). The largest absolute Gasteiger partial charge is 0.384 e. The van der Waals surface area contributed by atoms with E-state index in [0.29, 0.717) is 6.04 Å². The molecule has 2 aromatic rings. The third-order valence-electron chi connectivity index (χ3n) is 3.03. The number of para-hydroxylation sites is 1. The van der Waals surface area contributed by atoms with Crippen molar-refractivity contribution in [2.75, 3.05) is 11.9 Å². The minimum Gasteiger partial charge on any atom is -0.384 e. The maximum atomic E-state index is 4.71. The zero-order valence-electron chi connectivity index (χ0n) is 12.0. The lowest BCUT2D eigenvalue weighted by Gasteiger charge is -2.13. The van der Waals surface area contributed by atoms with Crippen LogP contribution in [0, 0.1) is 0 Å². The van der Waals surface area contributed by atoms with Gasteiger partial charge in [-0.25, -0.2) is 0 Å². The summed E-state index contributed by atoms with van der Waals surface area (Å²) in [5.41, 5.74) is 3.34. The second kappa shape index (κ2) is 6.53. The van der Waals surface area contributed by atoms with E-state index >= 15 is 0 Å². The predicted octanol–water partition coefficient (Wildman–Crippen LogP) is 3.55. The summed E-state index contributed by atoms with van der Waals surface area (Å²) in [6.07, 6.45) is 1.12. The Morgan fingerprint density at radius 1 is 1.21 bits per heavy atom. The summed E-state index contributed by atoms with van der Waals surface area (Å²) in [6, 6.07) is 10.9. The molecule has 19 heavy (non-hydrogen) atoms. The van der Waals surface area contributed by atoms with Gasteiger partial charge in [0.15, 0.2) is 0 Å². The maximum absolute atomic E-state index is 4.71. The van der Waals surface area contributed by atoms with Crippen molar-refractivity contribution in [2.45, 2.75) is 39.8 Å². The highest BCUT2D eigenvalue weighted by atomic mass is 14.9. The molecule has 0 unspecified atom stereocenters. The second-order valence-electron chi connectivity index (χ2n) is 5.14. The molecule has 1 aromatic carbocycles. The van der Waals surface area contributed by atoms with Gasteiger partial charge in [0.05, 0.1) is 11.2 Å². The van der Waals surface area contributed by atoms with Crippen molar-refractivity contribution in [2.24, 2.45) is 0 Å². The van der Waals surface area contributed by atoms with Crippen LogP contribution in [-0.2, 0) is 6.54 Å². The Balaban J connectivity index is 2.32. The zero-order chi connectivity index (χ0) is 13.7. The van der Waals surface area contributed by atoms with Crippen LogP contribution in [0.2, 0.25) is 0 Å². The van der Waals surface area contributed by atoms with Crippen LogP contribution >= 0.6 is 0 Å². The Morgan fingerprint density at radius 2 is 2.00 bits per heavy atom. The molecule has 3 nitrogen and oxygen atoms in total. The van der Waals surface area contributed by atoms with Crippen LogP contribution in [0.15, 0.2) is 30.3 Å². The normalized spacial score (nSPS) is 11.2. The quantitative estimate of drug-likeness (QED) is 0.831. The van der Waals surface area contributed by atoms with E-state index < -0.39 is 0 Å². The number of aromatic nitrogens is 1. The fourth-order valence-corrected chi connectivity index (χ4v) is 2.04. The minimum atomic E-state index is 0.473. The van der Waals surface area contributed by atoms with Gasteiger partial charge < -0.3 is 10.6 Å². The molecule has 2 rings (SSSR count). The molecule has 0 spiro atoms. The number of anilines is 1. The first-order valence-electron chi connectivity index (χ1n) is 7.06. The monoisotopic (exact) mass is 257 g/mol. The topological polar surface area (TPSA) is 37.0 Å². The first kappa shape index (κ1) is 13.8. The molecule has 0 radical (unpaired) electrons. The summed E-state index contributed by atoms with van der Waals surface area (Å²) in [7, 11) is 0. The Bertz CT molecular complexity index is 535. The van der Waals surface area contributed by atoms with Crippen LogP contribution in [0.3, 0.4) is 0 Å². The molecule has 0 amide bonds. The Hall–Kier alpha value is -1.61. The minimum absolute atomic E-state index is 0.473. The van der Waals surface area contributed by atoms with Gasteiger partial charge in [0.25, 0.3) is 0 Å². The van der Waals surface area contributed by atoms with E-state index in [-0.39, 0.29) is 0 Å². The summed E-state index contributed by atoms with van der Waals surface area (Å²) < 4.78 is 0. The highest BCUT2D eigenvalue weighted by molar-refractivity contribution is 5.91. The molecular formula is C16H23N3. The number of hydrogen-bond acceptors (Lipinski definition) is 3. The molecule has 0 aliphatic heterocycles. The van der Waals surface area contributed by atoms with Crippen LogP contribution in [0.25, 0.3) is 10.9 Å². The number of fused-ring (bicyclic) bond motifs is 1. The smallest absolute Gasteiger partial charge is 0.0726 e. The van der Waals surface area contributed by atoms with Gasteiger partial charge in [0, 0.05) is 30.2 Å². The zero-order valence-corrected chi connectivity index (χ0v) is 12.0. The van der Waals surface area contributed by atoms with Gasteiger partial charge in [-0.15, -0.1) is 0 Å². The van der Waals surface area contributed by atoms with Gasteiger partial charge in [-0.05, 0) is 18.6 Å². The molecule has 3 heteroatoms. The van der Waals surface area contributed by atoms with Gasteiger partial charge in [-0.3, -0.25) is 4.98 Å². The summed E-state index contributed by atoms with van der Waals surface area (Å²) in [5, 5.41) is 8.12. The molecule has 0 atom stereocenters. The van der Waals surface area contributed by atoms with Gasteiger partial charge >= 0.3 is 0 Å². The fraction of sp³-hybridized carbons (Fsp3) is 0.438. The first-order valence-corrected chi connectivity index (χ1v) is 7.06. The van der Waals surface area contributed by atoms with Crippen molar-refractivity contribution in [3.8, 4) is 0 Å². The van der Waals surface area contributed by atoms with Gasteiger partial charge in [-0.2, -0.15) is 0 Å². The van der Waals surface area contributed by atoms with E-state index in [9.17, 15) is 0 Å². The molecule has 1 heterocycles. The molecular weight excluding hydrogens is 234 g/mol. The van der Waals surface area contributed by atoms with Crippen LogP contribution in [0.5, 0.6) is 0 Å². The number of nitrogens with zero attached hydrogens (tertiary/aromatic N) is 1. The summed E-state index contributed by atoms with van der Waals surface area (Å²) in [6.45, 7) is 8.28. The lowest BCUT2D eigenvalue weighted by atomic mass is 10.1. The fourth-order valence-electron chi connectivity index (χ4n) is 2.04. The van der Waals surface area contributed by atoms with Crippen LogP contribution in [0.1, 0.15) is 32.9 Å². The average molecular weight is 257 g/mol. The van der Waals surface area contributed by atoms with Crippen molar-refractivity contribution in [1.82, 2.24) is 10.3 Å². The van der Waals surface area contributed by atoms with Gasteiger partial charge in [0.1, 0.15) is 0 Å². The van der Waals surface area contributed by atoms with Gasteiger partial charge in [0.2, 0.25) is 0 Å². The molecule has 1 aromatic heterocycles. The van der Waals surface area contributed by atoms with E-state index in [2.05, 4.69) is 55.7 Å². The third kappa shape index (κ3) is 3.67. The highest BCUT2D eigenvalue weighted by Gasteiger charge is 2.05. The van der Waals surface area contributed by atoms with Crippen molar-refractivity contribution < 1.29 is 0 Å². The number of rotatable bonds is 6. The van der Waals surface area contributed by atoms with Crippen LogP contribution < -0.4 is 10.6 Å². The summed E-state index contributed by atoms with van der Waals surface area (Å²) in [4.78, 5) is 4.71. The molecule has 0 saturated carbocycles. The van der Waals surface area contributed by atoms with Crippen molar-refractivity contribution in [3.63, 3.8) is 0 Å². The second-order valence-corrected chi connectivity index (χ2v) is 5.14. The molecule has 102 valence electrons. The average Bonchev–Trinajstić information content (AvgIpc) is 2.42. The Morgan fingerprint density at radius 3 is 2.74 bits per heavy atom. The van der Waals surface area contributed by atoms with Crippen LogP contribution in [0.4, 0.5) is 5.69 Å². The SMILES string of the molecule is CCCNc1cc(CNC(C)C)nc2ccccc12. The molecule has 0 saturated heterocycles. The van der Waals surface area contributed by atoms with E-state index in [4.69, 9.17) is 4.98 Å². The van der Waals surface area contributed by atoms with E-state index in [0.717, 1.165) is 30.7 Å². The predicted molar refractivity (Wildman–Crippen MR) is 82.5 cm³/mol. The lowest BCUT2D eigenvalue weighted by molar-refractivity contribution is 0.582. The van der Waals surface area contributed by atoms with Crippen molar-refractivity contribution >= 4 is 16.6 Å². The number of nitrogens with one attached hydrogen (secondary N) is 2. The summed E-state index contributed by atoms with van der Waals surface area (Å²) >= 11 is 0. The Labute approximate surface area is 115 Å². The molecule has 0 bridgehead atoms. The lowest BCUT2D eigenvalue weighted by Crippen LogP contribution is -2.22. The number of hydrogen-bond donors (Lipinski definition) is 2. The van der Waals surface area contributed by atoms with E-state index in [1.54, 1.807) is 0 Å². The third-order valence-corrected chi connectivity index (χ3v) is 3.03. The summed E-state index contributed by atoms with van der Waals surface area (Å²) in [5.74, 6) is 0. The molecule has 2 N–H and O–H groups in total. The number of benzene rings is 1. The van der Waals surface area contributed by atoms with Gasteiger partial charge in [-0.1, -0.05) is 39.0 Å². The molecule has 0 fully saturated rings. The van der Waals surface area contributed by atoms with E-state index in [1.807, 2.05) is 6.07 Å². The number of pyridine rings is 1. The molecule has 0 aliphatic carbocycles. The Kier molecular flexibility index (Phi) is 4.74. The van der Waals surface area contributed by atoms with E-state index in [1.165, 1.54) is 11.1 Å².